The van der Waals surface area contributed by atoms with Crippen LogP contribution >= 0.6 is 11.3 Å². The summed E-state index contributed by atoms with van der Waals surface area (Å²) in [6.45, 7) is 0. The molecule has 0 bridgehead atoms. The molecule has 7 heteroatoms. The lowest BCUT2D eigenvalue weighted by Gasteiger charge is -2.26. The van der Waals surface area contributed by atoms with Crippen LogP contribution in [-0.2, 0) is 4.79 Å². The summed E-state index contributed by atoms with van der Waals surface area (Å²) < 4.78 is 26.8. The molecule has 1 N–H and O–H groups in total. The fraction of sp³-hybridized carbons (Fsp3) is 0.0476. The van der Waals surface area contributed by atoms with Gasteiger partial charge in [0.05, 0.1) is 16.5 Å². The average molecular weight is 397 g/mol. The molecule has 28 heavy (non-hydrogen) atoms. The largest absolute Gasteiger partial charge is 0.503 e. The third kappa shape index (κ3) is 2.99. The Morgan fingerprint density at radius 1 is 0.964 bits per heavy atom. The third-order valence-corrected chi connectivity index (χ3v) is 5.36. The average Bonchev–Trinajstić information content (AvgIpc) is 3.31. The van der Waals surface area contributed by atoms with Crippen LogP contribution in [0.25, 0.3) is 0 Å². The number of amides is 1. The highest BCUT2D eigenvalue weighted by molar-refractivity contribution is 7.12. The molecule has 1 aliphatic heterocycles. The molecule has 0 fully saturated rings. The van der Waals surface area contributed by atoms with Gasteiger partial charge < -0.3 is 5.11 Å². The number of carbonyl (C=O) groups is 2. The van der Waals surface area contributed by atoms with Gasteiger partial charge in [0.15, 0.2) is 5.76 Å². The number of Topliss-reactive ketones (excluding diaryl/α,β-unsaturated/α-hetero) is 1. The minimum absolute atomic E-state index is 0.0941. The summed E-state index contributed by atoms with van der Waals surface area (Å²) >= 11 is 1.19. The fourth-order valence-corrected chi connectivity index (χ4v) is 3.88. The predicted octanol–water partition coefficient (Wildman–Crippen LogP) is 4.81. The van der Waals surface area contributed by atoms with Crippen molar-refractivity contribution in [2.75, 3.05) is 4.90 Å². The minimum Gasteiger partial charge on any atom is -0.503 e. The van der Waals surface area contributed by atoms with Crippen LogP contribution in [0.15, 0.2) is 77.4 Å². The summed E-state index contributed by atoms with van der Waals surface area (Å²) in [7, 11) is 0. The number of nitrogens with zero attached hydrogens (tertiary/aromatic N) is 1. The highest BCUT2D eigenvalue weighted by atomic mass is 32.1. The van der Waals surface area contributed by atoms with Crippen LogP contribution in [0.2, 0.25) is 0 Å². The molecular formula is C21H13F2NO3S. The van der Waals surface area contributed by atoms with Crippen LogP contribution in [0, 0.1) is 11.6 Å². The Balaban J connectivity index is 1.88. The van der Waals surface area contributed by atoms with Gasteiger partial charge in [-0.05, 0) is 53.4 Å². The Hall–Kier alpha value is -3.32. The first-order valence-electron chi connectivity index (χ1n) is 8.33. The Bertz CT molecular complexity index is 1070. The first-order chi connectivity index (χ1) is 13.5. The van der Waals surface area contributed by atoms with Gasteiger partial charge in [0.1, 0.15) is 11.6 Å². The second-order valence-corrected chi connectivity index (χ2v) is 7.12. The second-order valence-electron chi connectivity index (χ2n) is 6.17. The van der Waals surface area contributed by atoms with Crippen LogP contribution in [-0.4, -0.2) is 16.8 Å². The van der Waals surface area contributed by atoms with Gasteiger partial charge in [0, 0.05) is 5.69 Å². The molecule has 2 heterocycles. The smallest absolute Gasteiger partial charge is 0.294 e. The zero-order chi connectivity index (χ0) is 19.8. The molecule has 2 aromatic carbocycles. The molecule has 140 valence electrons. The predicted molar refractivity (Wildman–Crippen MR) is 101 cm³/mol. The number of anilines is 1. The van der Waals surface area contributed by atoms with E-state index in [2.05, 4.69) is 0 Å². The maximum absolute atomic E-state index is 13.4. The molecule has 3 aromatic rings. The number of aliphatic hydroxyl groups excluding tert-OH is 1. The van der Waals surface area contributed by atoms with Gasteiger partial charge in [-0.2, -0.15) is 0 Å². The number of ketones is 1. The lowest BCUT2D eigenvalue weighted by atomic mass is 9.95. The number of rotatable bonds is 4. The van der Waals surface area contributed by atoms with E-state index >= 15 is 0 Å². The number of hydrogen-bond acceptors (Lipinski definition) is 4. The van der Waals surface area contributed by atoms with Crippen LogP contribution in [0.3, 0.4) is 0 Å². The van der Waals surface area contributed by atoms with Crippen molar-refractivity contribution in [3.05, 3.63) is 99.5 Å². The van der Waals surface area contributed by atoms with E-state index in [9.17, 15) is 23.5 Å². The summed E-state index contributed by atoms with van der Waals surface area (Å²) in [6, 6.07) is 12.8. The molecule has 0 radical (unpaired) electrons. The number of carbonyl (C=O) groups excluding carboxylic acids is 2. The Morgan fingerprint density at radius 2 is 1.57 bits per heavy atom. The molecule has 1 unspecified atom stereocenters. The van der Waals surface area contributed by atoms with Gasteiger partial charge in [-0.15, -0.1) is 11.3 Å². The van der Waals surface area contributed by atoms with Crippen molar-refractivity contribution in [1.82, 2.24) is 0 Å². The van der Waals surface area contributed by atoms with Crippen molar-refractivity contribution in [2.45, 2.75) is 6.04 Å². The molecule has 1 amide bonds. The second kappa shape index (κ2) is 7.01. The molecule has 0 saturated carbocycles. The zero-order valence-corrected chi connectivity index (χ0v) is 15.1. The summed E-state index contributed by atoms with van der Waals surface area (Å²) in [6.07, 6.45) is 0. The topological polar surface area (TPSA) is 57.6 Å². The van der Waals surface area contributed by atoms with Crippen molar-refractivity contribution in [1.29, 1.82) is 0 Å². The standard InChI is InChI=1S/C21H13F2NO3S/c22-13-5-3-12(4-6-13)18-17(19(25)16-2-1-11-28-16)20(26)21(27)24(18)15-9-7-14(23)8-10-15/h1-11,18,26H. The minimum atomic E-state index is -0.965. The quantitative estimate of drug-likeness (QED) is 0.643. The van der Waals surface area contributed by atoms with E-state index in [0.717, 1.165) is 0 Å². The van der Waals surface area contributed by atoms with E-state index in [1.54, 1.807) is 17.5 Å². The summed E-state index contributed by atoms with van der Waals surface area (Å²) in [5.41, 5.74) is 0.660. The molecule has 1 aliphatic rings. The van der Waals surface area contributed by atoms with Gasteiger partial charge in [0.25, 0.3) is 5.91 Å². The van der Waals surface area contributed by atoms with Gasteiger partial charge in [0.2, 0.25) is 5.78 Å². The first kappa shape index (κ1) is 18.1. The maximum Gasteiger partial charge on any atom is 0.294 e. The number of aliphatic hydroxyl groups is 1. The van der Waals surface area contributed by atoms with E-state index < -0.39 is 35.1 Å². The van der Waals surface area contributed by atoms with Crippen LogP contribution < -0.4 is 4.90 Å². The highest BCUT2D eigenvalue weighted by Gasteiger charge is 2.44. The summed E-state index contributed by atoms with van der Waals surface area (Å²) in [5, 5.41) is 12.2. The van der Waals surface area contributed by atoms with Crippen LogP contribution in [0.4, 0.5) is 14.5 Å². The van der Waals surface area contributed by atoms with E-state index in [-0.39, 0.29) is 5.57 Å². The molecule has 1 atom stereocenters. The van der Waals surface area contributed by atoms with E-state index in [1.165, 1.54) is 64.8 Å². The lowest BCUT2D eigenvalue weighted by molar-refractivity contribution is -0.117. The molecule has 0 spiro atoms. The van der Waals surface area contributed by atoms with Crippen LogP contribution in [0.1, 0.15) is 21.3 Å². The summed E-state index contributed by atoms with van der Waals surface area (Å²) in [4.78, 5) is 27.4. The number of halogens is 2. The van der Waals surface area contributed by atoms with Crippen molar-refractivity contribution in [3.63, 3.8) is 0 Å². The van der Waals surface area contributed by atoms with Crippen molar-refractivity contribution in [3.8, 4) is 0 Å². The third-order valence-electron chi connectivity index (χ3n) is 4.49. The number of hydrogen-bond donors (Lipinski definition) is 1. The van der Waals surface area contributed by atoms with Gasteiger partial charge >= 0.3 is 0 Å². The Morgan fingerprint density at radius 3 is 2.14 bits per heavy atom. The molecule has 0 saturated heterocycles. The zero-order valence-electron chi connectivity index (χ0n) is 14.3. The molecular weight excluding hydrogens is 384 g/mol. The van der Waals surface area contributed by atoms with Crippen molar-refractivity contribution < 1.29 is 23.5 Å². The van der Waals surface area contributed by atoms with E-state index in [0.29, 0.717) is 16.1 Å². The Labute approximate surface area is 163 Å². The SMILES string of the molecule is O=C(C1=C(O)C(=O)N(c2ccc(F)cc2)C1c1ccc(F)cc1)c1cccs1. The van der Waals surface area contributed by atoms with Crippen molar-refractivity contribution in [2.24, 2.45) is 0 Å². The molecule has 0 aliphatic carbocycles. The lowest BCUT2D eigenvalue weighted by Crippen LogP contribution is -2.31. The molecule has 4 nitrogen and oxygen atoms in total. The van der Waals surface area contributed by atoms with E-state index in [1.807, 2.05) is 0 Å². The van der Waals surface area contributed by atoms with Gasteiger partial charge in [-0.3, -0.25) is 14.5 Å². The van der Waals surface area contributed by atoms with Crippen LogP contribution in [0.5, 0.6) is 0 Å². The maximum atomic E-state index is 13.4. The Kier molecular flexibility index (Phi) is 4.52. The van der Waals surface area contributed by atoms with Crippen molar-refractivity contribution >= 4 is 28.7 Å². The summed E-state index contributed by atoms with van der Waals surface area (Å²) in [5.74, 6) is -2.89. The fourth-order valence-electron chi connectivity index (χ4n) is 3.21. The monoisotopic (exact) mass is 397 g/mol. The highest BCUT2D eigenvalue weighted by Crippen LogP contribution is 2.42. The molecule has 1 aromatic heterocycles. The van der Waals surface area contributed by atoms with E-state index in [4.69, 9.17) is 0 Å². The number of thiophene rings is 1. The van der Waals surface area contributed by atoms with Gasteiger partial charge in [-0.1, -0.05) is 18.2 Å². The first-order valence-corrected chi connectivity index (χ1v) is 9.21. The normalized spacial score (nSPS) is 16.7. The number of benzene rings is 2. The van der Waals surface area contributed by atoms with Gasteiger partial charge in [-0.25, -0.2) is 8.78 Å². The molecule has 4 rings (SSSR count).